The number of amides is 2. The molecule has 5 heteroatoms. The molecule has 0 spiro atoms. The molecule has 0 saturated carbocycles. The molecule has 3 rings (SSSR count). The van der Waals surface area contributed by atoms with Crippen molar-refractivity contribution in [3.05, 3.63) is 60.2 Å². The van der Waals surface area contributed by atoms with Gasteiger partial charge in [-0.2, -0.15) is 0 Å². The van der Waals surface area contributed by atoms with Crippen LogP contribution in [0.3, 0.4) is 0 Å². The molecule has 5 nitrogen and oxygen atoms in total. The van der Waals surface area contributed by atoms with E-state index >= 15 is 0 Å². The summed E-state index contributed by atoms with van der Waals surface area (Å²) in [4.78, 5) is 23.7. The third-order valence-electron chi connectivity index (χ3n) is 4.35. The Kier molecular flexibility index (Phi) is 5.33. The van der Waals surface area contributed by atoms with E-state index in [2.05, 4.69) is 10.6 Å². The van der Waals surface area contributed by atoms with E-state index in [0.29, 0.717) is 19.4 Å². The van der Waals surface area contributed by atoms with Crippen molar-refractivity contribution >= 4 is 11.8 Å². The highest BCUT2D eigenvalue weighted by molar-refractivity contribution is 5.84. The lowest BCUT2D eigenvalue weighted by molar-refractivity contribution is -0.129. The first-order valence-electron chi connectivity index (χ1n) is 8.52. The lowest BCUT2D eigenvalue weighted by Crippen LogP contribution is -2.43. The summed E-state index contributed by atoms with van der Waals surface area (Å²) in [5.41, 5.74) is 0.916. The van der Waals surface area contributed by atoms with Crippen molar-refractivity contribution in [3.8, 4) is 11.5 Å². The van der Waals surface area contributed by atoms with E-state index < -0.39 is 0 Å². The number of hydrogen-bond acceptors (Lipinski definition) is 3. The van der Waals surface area contributed by atoms with Crippen molar-refractivity contribution in [1.29, 1.82) is 0 Å². The van der Waals surface area contributed by atoms with Gasteiger partial charge in [0.2, 0.25) is 11.8 Å². The Labute approximate surface area is 147 Å². The molecule has 1 aliphatic rings. The number of rotatable bonds is 5. The molecule has 0 bridgehead atoms. The zero-order valence-corrected chi connectivity index (χ0v) is 14.2. The molecule has 0 aliphatic carbocycles. The fraction of sp³-hybridized carbons (Fsp3) is 0.300. The number of carbonyl (C=O) groups is 2. The summed E-state index contributed by atoms with van der Waals surface area (Å²) in [5.74, 6) is 1.27. The van der Waals surface area contributed by atoms with E-state index in [-0.39, 0.29) is 23.8 Å². The smallest absolute Gasteiger partial charge is 0.225 e. The topological polar surface area (TPSA) is 67.4 Å². The molecule has 2 atom stereocenters. The van der Waals surface area contributed by atoms with Crippen molar-refractivity contribution in [2.24, 2.45) is 5.92 Å². The minimum Gasteiger partial charge on any atom is -0.457 e. The number of ether oxygens (including phenoxy) is 1. The molecule has 1 heterocycles. The number of para-hydroxylation sites is 2. The fourth-order valence-corrected chi connectivity index (χ4v) is 2.91. The average Bonchev–Trinajstić information content (AvgIpc) is 2.63. The second kappa shape index (κ2) is 7.83. The van der Waals surface area contributed by atoms with Gasteiger partial charge >= 0.3 is 0 Å². The Morgan fingerprint density at radius 2 is 1.88 bits per heavy atom. The number of carbonyl (C=O) groups excluding carboxylic acids is 2. The SMILES string of the molecule is CC(NC(=O)C1CCC(=O)NC1)c1ccccc1Oc1ccccc1. The van der Waals surface area contributed by atoms with Crippen molar-refractivity contribution in [2.75, 3.05) is 6.54 Å². The highest BCUT2D eigenvalue weighted by atomic mass is 16.5. The van der Waals surface area contributed by atoms with Crippen LogP contribution in [-0.2, 0) is 9.59 Å². The quantitative estimate of drug-likeness (QED) is 0.880. The van der Waals surface area contributed by atoms with Gasteiger partial charge in [-0.15, -0.1) is 0 Å². The van der Waals surface area contributed by atoms with Crippen LogP contribution < -0.4 is 15.4 Å². The Bertz CT molecular complexity index is 736. The van der Waals surface area contributed by atoms with E-state index in [9.17, 15) is 9.59 Å². The Morgan fingerprint density at radius 3 is 2.60 bits per heavy atom. The second-order valence-corrected chi connectivity index (χ2v) is 6.22. The van der Waals surface area contributed by atoms with E-state index in [1.165, 1.54) is 0 Å². The average molecular weight is 338 g/mol. The van der Waals surface area contributed by atoms with Gasteiger partial charge in [-0.1, -0.05) is 36.4 Å². The predicted molar refractivity (Wildman–Crippen MR) is 95.2 cm³/mol. The summed E-state index contributed by atoms with van der Waals surface area (Å²) in [6, 6.07) is 17.0. The molecule has 2 aromatic rings. The molecule has 2 amide bonds. The molecular formula is C20H22N2O3. The van der Waals surface area contributed by atoms with Gasteiger partial charge in [0, 0.05) is 18.5 Å². The molecule has 0 radical (unpaired) electrons. The van der Waals surface area contributed by atoms with E-state index in [1.54, 1.807) is 0 Å². The maximum absolute atomic E-state index is 12.5. The van der Waals surface area contributed by atoms with Crippen LogP contribution in [0.15, 0.2) is 54.6 Å². The van der Waals surface area contributed by atoms with Gasteiger partial charge in [0.25, 0.3) is 0 Å². The van der Waals surface area contributed by atoms with Crippen molar-refractivity contribution in [3.63, 3.8) is 0 Å². The highest BCUT2D eigenvalue weighted by Crippen LogP contribution is 2.29. The van der Waals surface area contributed by atoms with Gasteiger partial charge in [-0.05, 0) is 31.5 Å². The number of piperidine rings is 1. The summed E-state index contributed by atoms with van der Waals surface area (Å²) in [7, 11) is 0. The molecule has 1 aliphatic heterocycles. The third-order valence-corrected chi connectivity index (χ3v) is 4.35. The van der Waals surface area contributed by atoms with Gasteiger partial charge < -0.3 is 15.4 Å². The number of benzene rings is 2. The first-order valence-corrected chi connectivity index (χ1v) is 8.52. The molecule has 1 fully saturated rings. The molecular weight excluding hydrogens is 316 g/mol. The first-order chi connectivity index (χ1) is 12.1. The lowest BCUT2D eigenvalue weighted by atomic mass is 9.97. The second-order valence-electron chi connectivity index (χ2n) is 6.22. The maximum atomic E-state index is 12.5. The summed E-state index contributed by atoms with van der Waals surface area (Å²) < 4.78 is 5.96. The van der Waals surface area contributed by atoms with Crippen molar-refractivity contribution in [2.45, 2.75) is 25.8 Å². The lowest BCUT2D eigenvalue weighted by Gasteiger charge is -2.24. The molecule has 130 valence electrons. The Morgan fingerprint density at radius 1 is 1.16 bits per heavy atom. The van der Waals surface area contributed by atoms with Crippen molar-refractivity contribution in [1.82, 2.24) is 10.6 Å². The van der Waals surface area contributed by atoms with Crippen LogP contribution in [0.5, 0.6) is 11.5 Å². The Balaban J connectivity index is 1.68. The standard InChI is InChI=1S/C20H22N2O3/c1-14(22-20(24)15-11-12-19(23)21-13-15)17-9-5-6-10-18(17)25-16-7-3-2-4-8-16/h2-10,14-15H,11-13H2,1H3,(H,21,23)(H,22,24). The minimum absolute atomic E-state index is 0.0127. The van der Waals surface area contributed by atoms with Crippen molar-refractivity contribution < 1.29 is 14.3 Å². The van der Waals surface area contributed by atoms with Gasteiger partial charge in [0.1, 0.15) is 11.5 Å². The molecule has 2 N–H and O–H groups in total. The van der Waals surface area contributed by atoms with E-state index in [4.69, 9.17) is 4.74 Å². The molecule has 2 aromatic carbocycles. The first kappa shape index (κ1) is 17.0. The molecule has 0 aromatic heterocycles. The normalized spacial score (nSPS) is 18.1. The monoisotopic (exact) mass is 338 g/mol. The molecule has 2 unspecified atom stereocenters. The number of hydrogen-bond donors (Lipinski definition) is 2. The van der Waals surface area contributed by atoms with E-state index in [1.807, 2.05) is 61.5 Å². The number of nitrogens with one attached hydrogen (secondary N) is 2. The fourth-order valence-electron chi connectivity index (χ4n) is 2.91. The summed E-state index contributed by atoms with van der Waals surface area (Å²) >= 11 is 0. The maximum Gasteiger partial charge on any atom is 0.225 e. The van der Waals surface area contributed by atoms with Crippen LogP contribution >= 0.6 is 0 Å². The zero-order chi connectivity index (χ0) is 17.6. The van der Waals surface area contributed by atoms with Gasteiger partial charge in [-0.3, -0.25) is 9.59 Å². The van der Waals surface area contributed by atoms with E-state index in [0.717, 1.165) is 17.1 Å². The van der Waals surface area contributed by atoms with Crippen LogP contribution in [0.2, 0.25) is 0 Å². The third kappa shape index (κ3) is 4.38. The summed E-state index contributed by atoms with van der Waals surface area (Å²) in [5, 5.41) is 5.78. The van der Waals surface area contributed by atoms with Crippen LogP contribution in [0.4, 0.5) is 0 Å². The zero-order valence-electron chi connectivity index (χ0n) is 14.2. The van der Waals surface area contributed by atoms with Crippen LogP contribution in [0, 0.1) is 5.92 Å². The molecule has 25 heavy (non-hydrogen) atoms. The predicted octanol–water partition coefficient (Wildman–Crippen LogP) is 3.18. The minimum atomic E-state index is -0.190. The van der Waals surface area contributed by atoms with Gasteiger partial charge in [0.15, 0.2) is 0 Å². The Hall–Kier alpha value is -2.82. The van der Waals surface area contributed by atoms with Gasteiger partial charge in [-0.25, -0.2) is 0 Å². The largest absolute Gasteiger partial charge is 0.457 e. The highest BCUT2D eigenvalue weighted by Gasteiger charge is 2.26. The van der Waals surface area contributed by atoms with Gasteiger partial charge in [0.05, 0.1) is 12.0 Å². The summed E-state index contributed by atoms with van der Waals surface area (Å²) in [6.45, 7) is 2.34. The van der Waals surface area contributed by atoms with Crippen LogP contribution in [0.25, 0.3) is 0 Å². The van der Waals surface area contributed by atoms with Crippen LogP contribution in [0.1, 0.15) is 31.4 Å². The molecule has 1 saturated heterocycles. The van der Waals surface area contributed by atoms with Crippen LogP contribution in [-0.4, -0.2) is 18.4 Å². The summed E-state index contributed by atoms with van der Waals surface area (Å²) in [6.07, 6.45) is 0.993.